The van der Waals surface area contributed by atoms with E-state index in [0.29, 0.717) is 12.2 Å². The fourth-order valence-electron chi connectivity index (χ4n) is 2.38. The van der Waals surface area contributed by atoms with Crippen molar-refractivity contribution in [1.82, 2.24) is 19.5 Å². The fraction of sp³-hybridized carbons (Fsp3) is 0.545. The number of halogens is 2. The van der Waals surface area contributed by atoms with Crippen molar-refractivity contribution in [1.29, 1.82) is 0 Å². The van der Waals surface area contributed by atoms with Gasteiger partial charge in [-0.1, -0.05) is 0 Å². The fourth-order valence-corrected chi connectivity index (χ4v) is 2.38. The van der Waals surface area contributed by atoms with E-state index in [9.17, 15) is 4.79 Å². The van der Waals surface area contributed by atoms with Crippen LogP contribution in [0.15, 0.2) is 4.79 Å². The highest BCUT2D eigenvalue weighted by molar-refractivity contribution is 5.85. The van der Waals surface area contributed by atoms with E-state index in [1.54, 1.807) is 4.57 Å². The van der Waals surface area contributed by atoms with Crippen LogP contribution in [-0.2, 0) is 11.3 Å². The lowest BCUT2D eigenvalue weighted by Crippen LogP contribution is -2.25. The van der Waals surface area contributed by atoms with Crippen molar-refractivity contribution in [2.45, 2.75) is 31.9 Å². The SMILES string of the molecule is Cl.Cl.Nc1nc2c(nc(N)n2CC2CCCCO2)c(=O)[nH]1. The van der Waals surface area contributed by atoms with Crippen molar-refractivity contribution in [3.8, 4) is 0 Å². The normalized spacial score (nSPS) is 18.0. The highest BCUT2D eigenvalue weighted by Crippen LogP contribution is 2.19. The van der Waals surface area contributed by atoms with Gasteiger partial charge in [0.15, 0.2) is 11.2 Å². The zero-order valence-corrected chi connectivity index (χ0v) is 12.9. The van der Waals surface area contributed by atoms with Crippen LogP contribution >= 0.6 is 24.8 Å². The molecule has 1 aliphatic rings. The first kappa shape index (κ1) is 17.5. The van der Waals surface area contributed by atoms with Crippen molar-refractivity contribution in [2.75, 3.05) is 18.1 Å². The van der Waals surface area contributed by atoms with Gasteiger partial charge in [0, 0.05) is 6.61 Å². The van der Waals surface area contributed by atoms with Crippen LogP contribution in [0.25, 0.3) is 11.2 Å². The van der Waals surface area contributed by atoms with Gasteiger partial charge in [-0.3, -0.25) is 14.3 Å². The minimum absolute atomic E-state index is 0. The lowest BCUT2D eigenvalue weighted by molar-refractivity contribution is 0.00686. The number of nitrogen functional groups attached to an aromatic ring is 2. The summed E-state index contributed by atoms with van der Waals surface area (Å²) in [6.07, 6.45) is 3.27. The summed E-state index contributed by atoms with van der Waals surface area (Å²) in [5, 5.41) is 0. The van der Waals surface area contributed by atoms with Crippen molar-refractivity contribution in [3.05, 3.63) is 10.4 Å². The zero-order valence-electron chi connectivity index (χ0n) is 11.2. The molecule has 5 N–H and O–H groups in total. The van der Waals surface area contributed by atoms with Crippen LogP contribution in [0.1, 0.15) is 19.3 Å². The molecule has 0 saturated carbocycles. The summed E-state index contributed by atoms with van der Waals surface area (Å²) in [6.45, 7) is 1.30. The second-order valence-corrected chi connectivity index (χ2v) is 4.69. The Kier molecular flexibility index (Phi) is 5.82. The van der Waals surface area contributed by atoms with E-state index in [1.807, 2.05) is 0 Å². The van der Waals surface area contributed by atoms with Gasteiger partial charge >= 0.3 is 0 Å². The van der Waals surface area contributed by atoms with Crippen molar-refractivity contribution in [2.24, 2.45) is 0 Å². The summed E-state index contributed by atoms with van der Waals surface area (Å²) in [7, 11) is 0. The molecule has 118 valence electrons. The summed E-state index contributed by atoms with van der Waals surface area (Å²) >= 11 is 0. The summed E-state index contributed by atoms with van der Waals surface area (Å²) in [5.41, 5.74) is 11.7. The second-order valence-electron chi connectivity index (χ2n) is 4.69. The van der Waals surface area contributed by atoms with Crippen LogP contribution in [0.2, 0.25) is 0 Å². The van der Waals surface area contributed by atoms with E-state index in [2.05, 4.69) is 15.0 Å². The molecule has 3 rings (SSSR count). The third kappa shape index (κ3) is 3.39. The molecule has 2 aromatic rings. The standard InChI is InChI=1S/C11H16N6O2.2ClH/c12-10-15-8-7(9(18)16-10)14-11(13)17(8)5-6-3-1-2-4-19-6;;/h6H,1-5H2,(H2,13,14)(H3,12,15,16,18);2*1H. The average molecular weight is 337 g/mol. The van der Waals surface area contributed by atoms with E-state index < -0.39 is 0 Å². The van der Waals surface area contributed by atoms with Crippen LogP contribution < -0.4 is 17.0 Å². The molecule has 1 atom stereocenters. The Morgan fingerprint density at radius 1 is 1.29 bits per heavy atom. The zero-order chi connectivity index (χ0) is 13.4. The number of fused-ring (bicyclic) bond motifs is 1. The minimum Gasteiger partial charge on any atom is -0.376 e. The maximum atomic E-state index is 11.7. The molecular weight excluding hydrogens is 319 g/mol. The summed E-state index contributed by atoms with van der Waals surface area (Å²) in [4.78, 5) is 22.3. The molecule has 10 heteroatoms. The maximum absolute atomic E-state index is 11.7. The van der Waals surface area contributed by atoms with Gasteiger partial charge in [-0.25, -0.2) is 4.98 Å². The number of imidazole rings is 1. The van der Waals surface area contributed by atoms with Crippen molar-refractivity contribution in [3.63, 3.8) is 0 Å². The molecule has 0 radical (unpaired) electrons. The quantitative estimate of drug-likeness (QED) is 0.741. The predicted molar refractivity (Wildman–Crippen MR) is 85.1 cm³/mol. The first-order valence-corrected chi connectivity index (χ1v) is 6.28. The number of aromatic amines is 1. The summed E-state index contributed by atoms with van der Waals surface area (Å²) in [5.74, 6) is 0.316. The van der Waals surface area contributed by atoms with Crippen molar-refractivity contribution < 1.29 is 4.74 Å². The largest absolute Gasteiger partial charge is 0.376 e. The van der Waals surface area contributed by atoms with Gasteiger partial charge < -0.3 is 16.2 Å². The Bertz CT molecular complexity index is 665. The molecule has 1 saturated heterocycles. The molecule has 21 heavy (non-hydrogen) atoms. The lowest BCUT2D eigenvalue weighted by atomic mass is 10.1. The number of ether oxygens (including phenoxy) is 1. The Balaban J connectivity index is 0.00000110. The van der Waals surface area contributed by atoms with E-state index in [0.717, 1.165) is 25.9 Å². The van der Waals surface area contributed by atoms with Gasteiger partial charge in [0.2, 0.25) is 11.9 Å². The highest BCUT2D eigenvalue weighted by Gasteiger charge is 2.19. The summed E-state index contributed by atoms with van der Waals surface area (Å²) in [6, 6.07) is 0. The topological polar surface area (TPSA) is 125 Å². The number of hydrogen-bond acceptors (Lipinski definition) is 6. The van der Waals surface area contributed by atoms with Gasteiger partial charge in [0.1, 0.15) is 0 Å². The van der Waals surface area contributed by atoms with Crippen molar-refractivity contribution >= 4 is 47.9 Å². The molecule has 1 aliphatic heterocycles. The third-order valence-electron chi connectivity index (χ3n) is 3.31. The molecule has 0 amide bonds. The van der Waals surface area contributed by atoms with E-state index in [-0.39, 0.29) is 53.9 Å². The van der Waals surface area contributed by atoms with Gasteiger partial charge in [0.05, 0.1) is 12.6 Å². The Labute approximate surface area is 133 Å². The molecule has 1 unspecified atom stereocenters. The molecular formula is C11H18Cl2N6O2. The number of hydrogen-bond donors (Lipinski definition) is 3. The van der Waals surface area contributed by atoms with Gasteiger partial charge in [-0.15, -0.1) is 24.8 Å². The number of anilines is 2. The number of aromatic nitrogens is 4. The molecule has 0 spiro atoms. The monoisotopic (exact) mass is 336 g/mol. The molecule has 0 aliphatic carbocycles. The van der Waals surface area contributed by atoms with Gasteiger partial charge in [-0.2, -0.15) is 4.98 Å². The minimum atomic E-state index is -0.377. The molecule has 2 aromatic heterocycles. The van der Waals surface area contributed by atoms with E-state index in [4.69, 9.17) is 16.2 Å². The van der Waals surface area contributed by atoms with E-state index in [1.165, 1.54) is 0 Å². The number of rotatable bonds is 2. The molecule has 3 heterocycles. The average Bonchev–Trinajstić information content (AvgIpc) is 2.69. The van der Waals surface area contributed by atoms with E-state index >= 15 is 0 Å². The predicted octanol–water partition coefficient (Wildman–Crippen LogP) is 0.697. The molecule has 1 fully saturated rings. The smallest absolute Gasteiger partial charge is 0.280 e. The first-order valence-electron chi connectivity index (χ1n) is 6.28. The summed E-state index contributed by atoms with van der Waals surface area (Å²) < 4.78 is 7.36. The van der Waals surface area contributed by atoms with Crippen LogP contribution in [0.4, 0.5) is 11.9 Å². The molecule has 0 aromatic carbocycles. The lowest BCUT2D eigenvalue weighted by Gasteiger charge is -2.23. The van der Waals surface area contributed by atoms with Gasteiger partial charge in [0.25, 0.3) is 5.56 Å². The third-order valence-corrected chi connectivity index (χ3v) is 3.31. The Morgan fingerprint density at radius 3 is 2.71 bits per heavy atom. The number of H-pyrrole nitrogens is 1. The van der Waals surface area contributed by atoms with Crippen LogP contribution in [0.5, 0.6) is 0 Å². The first-order chi connectivity index (χ1) is 9.15. The van der Waals surface area contributed by atoms with Crippen LogP contribution in [0, 0.1) is 0 Å². The Hall–Kier alpha value is -1.51. The second kappa shape index (κ2) is 6.97. The van der Waals surface area contributed by atoms with Gasteiger partial charge in [-0.05, 0) is 19.3 Å². The van der Waals surface area contributed by atoms with Crippen LogP contribution in [-0.4, -0.2) is 32.2 Å². The Morgan fingerprint density at radius 2 is 2.05 bits per heavy atom. The number of nitrogens with zero attached hydrogens (tertiary/aromatic N) is 3. The molecule has 0 bridgehead atoms. The highest BCUT2D eigenvalue weighted by atomic mass is 35.5. The molecule has 8 nitrogen and oxygen atoms in total. The maximum Gasteiger partial charge on any atom is 0.280 e. The van der Waals surface area contributed by atoms with Crippen LogP contribution in [0.3, 0.4) is 0 Å². The number of nitrogens with one attached hydrogen (secondary N) is 1. The number of nitrogens with two attached hydrogens (primary N) is 2.